The molecule has 0 spiro atoms. The number of benzene rings is 2. The van der Waals surface area contributed by atoms with Gasteiger partial charge in [-0.2, -0.15) is 5.26 Å². The highest BCUT2D eigenvalue weighted by atomic mass is 19.1. The van der Waals surface area contributed by atoms with Gasteiger partial charge in [0.15, 0.2) is 5.58 Å². The van der Waals surface area contributed by atoms with Gasteiger partial charge in [0.05, 0.1) is 12.5 Å². The number of fused-ring (bicyclic) bond motifs is 1. The summed E-state index contributed by atoms with van der Waals surface area (Å²) in [7, 11) is 0. The van der Waals surface area contributed by atoms with Gasteiger partial charge in [0.2, 0.25) is 5.89 Å². The average Bonchev–Trinajstić information content (AvgIpc) is 2.83. The second-order valence-corrected chi connectivity index (χ2v) is 4.16. The second-order valence-electron chi connectivity index (χ2n) is 4.16. The van der Waals surface area contributed by atoms with E-state index in [1.54, 1.807) is 18.2 Å². The average molecular weight is 252 g/mol. The van der Waals surface area contributed by atoms with E-state index in [-0.39, 0.29) is 5.82 Å². The molecule has 0 saturated heterocycles. The van der Waals surface area contributed by atoms with Gasteiger partial charge in [0.25, 0.3) is 0 Å². The lowest BCUT2D eigenvalue weighted by molar-refractivity contribution is 0.616. The van der Waals surface area contributed by atoms with E-state index in [1.165, 1.54) is 12.1 Å². The van der Waals surface area contributed by atoms with Crippen LogP contribution in [0.3, 0.4) is 0 Å². The molecule has 4 heteroatoms. The Balaban J connectivity index is 2.06. The molecule has 0 atom stereocenters. The molecule has 1 aromatic heterocycles. The van der Waals surface area contributed by atoms with Crippen LogP contribution in [0.1, 0.15) is 5.56 Å². The fourth-order valence-corrected chi connectivity index (χ4v) is 1.89. The quantitative estimate of drug-likeness (QED) is 0.698. The first kappa shape index (κ1) is 11.4. The van der Waals surface area contributed by atoms with E-state index in [0.717, 1.165) is 16.6 Å². The molecule has 0 unspecified atom stereocenters. The largest absolute Gasteiger partial charge is 0.436 e. The zero-order valence-corrected chi connectivity index (χ0v) is 9.93. The molecule has 0 fully saturated rings. The summed E-state index contributed by atoms with van der Waals surface area (Å²) >= 11 is 0. The maximum Gasteiger partial charge on any atom is 0.227 e. The summed E-state index contributed by atoms with van der Waals surface area (Å²) in [5.74, 6) is 0.153. The van der Waals surface area contributed by atoms with Gasteiger partial charge in [0, 0.05) is 5.56 Å². The van der Waals surface area contributed by atoms with E-state index >= 15 is 0 Å². The van der Waals surface area contributed by atoms with Gasteiger partial charge >= 0.3 is 0 Å². The minimum Gasteiger partial charge on any atom is -0.436 e. The third kappa shape index (κ3) is 2.18. The van der Waals surface area contributed by atoms with Crippen LogP contribution in [0.4, 0.5) is 4.39 Å². The molecular formula is C15H9FN2O. The summed E-state index contributed by atoms with van der Waals surface area (Å²) in [4.78, 5) is 4.34. The first-order chi connectivity index (χ1) is 9.26. The molecule has 0 bridgehead atoms. The first-order valence-electron chi connectivity index (χ1n) is 5.78. The Morgan fingerprint density at radius 2 is 1.95 bits per heavy atom. The van der Waals surface area contributed by atoms with Crippen molar-refractivity contribution in [2.45, 2.75) is 6.42 Å². The maximum absolute atomic E-state index is 12.9. The van der Waals surface area contributed by atoms with Crippen molar-refractivity contribution in [3.05, 3.63) is 53.8 Å². The molecule has 0 N–H and O–H groups in total. The predicted molar refractivity (Wildman–Crippen MR) is 68.7 cm³/mol. The van der Waals surface area contributed by atoms with Gasteiger partial charge in [-0.15, -0.1) is 0 Å². The molecule has 3 aromatic rings. The van der Waals surface area contributed by atoms with E-state index in [2.05, 4.69) is 11.1 Å². The fraction of sp³-hybridized carbons (Fsp3) is 0.0667. The lowest BCUT2D eigenvalue weighted by atomic mass is 10.1. The Morgan fingerprint density at radius 3 is 2.68 bits per heavy atom. The topological polar surface area (TPSA) is 49.8 Å². The highest BCUT2D eigenvalue weighted by Gasteiger charge is 2.08. The minimum atomic E-state index is -0.295. The number of rotatable bonds is 2. The molecule has 2 aromatic carbocycles. The fourth-order valence-electron chi connectivity index (χ4n) is 1.89. The van der Waals surface area contributed by atoms with Crippen molar-refractivity contribution in [1.82, 2.24) is 4.98 Å². The van der Waals surface area contributed by atoms with Crippen LogP contribution < -0.4 is 0 Å². The summed E-state index contributed by atoms with van der Waals surface area (Å²) in [5, 5.41) is 8.67. The lowest BCUT2D eigenvalue weighted by Gasteiger charge is -1.93. The van der Waals surface area contributed by atoms with Gasteiger partial charge in [-0.25, -0.2) is 9.37 Å². The van der Waals surface area contributed by atoms with Gasteiger partial charge in [-0.05, 0) is 42.0 Å². The van der Waals surface area contributed by atoms with Crippen LogP contribution >= 0.6 is 0 Å². The Morgan fingerprint density at radius 1 is 1.16 bits per heavy atom. The summed E-state index contributed by atoms with van der Waals surface area (Å²) < 4.78 is 18.5. The van der Waals surface area contributed by atoms with Crippen molar-refractivity contribution in [2.24, 2.45) is 0 Å². The summed E-state index contributed by atoms with van der Waals surface area (Å²) in [6, 6.07) is 13.5. The summed E-state index contributed by atoms with van der Waals surface area (Å²) in [6.07, 6.45) is 0.336. The van der Waals surface area contributed by atoms with Gasteiger partial charge in [0.1, 0.15) is 11.3 Å². The second kappa shape index (κ2) is 4.54. The SMILES string of the molecule is N#CCc1ccc2nc(-c3ccc(F)cc3)oc2c1. The van der Waals surface area contributed by atoms with Crippen LogP contribution in [0, 0.1) is 17.1 Å². The van der Waals surface area contributed by atoms with Crippen LogP contribution in [-0.4, -0.2) is 4.98 Å². The molecule has 3 nitrogen and oxygen atoms in total. The number of hydrogen-bond acceptors (Lipinski definition) is 3. The van der Waals surface area contributed by atoms with E-state index in [9.17, 15) is 4.39 Å². The van der Waals surface area contributed by atoms with E-state index in [1.807, 2.05) is 12.1 Å². The van der Waals surface area contributed by atoms with Crippen molar-refractivity contribution in [2.75, 3.05) is 0 Å². The number of halogens is 1. The molecule has 0 aliphatic rings. The van der Waals surface area contributed by atoms with E-state index in [0.29, 0.717) is 17.9 Å². The number of nitriles is 1. The first-order valence-corrected chi connectivity index (χ1v) is 5.78. The molecule has 3 rings (SSSR count). The zero-order chi connectivity index (χ0) is 13.2. The Bertz CT molecular complexity index is 769. The number of oxazole rings is 1. The molecule has 0 aliphatic carbocycles. The third-order valence-electron chi connectivity index (χ3n) is 2.83. The molecule has 19 heavy (non-hydrogen) atoms. The highest BCUT2D eigenvalue weighted by Crippen LogP contribution is 2.25. The molecule has 0 aliphatic heterocycles. The monoisotopic (exact) mass is 252 g/mol. The predicted octanol–water partition coefficient (Wildman–Crippen LogP) is 3.70. The van der Waals surface area contributed by atoms with Gasteiger partial charge in [-0.1, -0.05) is 6.07 Å². The zero-order valence-electron chi connectivity index (χ0n) is 9.93. The molecule has 0 radical (unpaired) electrons. The van der Waals surface area contributed by atoms with Crippen molar-refractivity contribution >= 4 is 11.1 Å². The maximum atomic E-state index is 12.9. The number of nitrogens with zero attached hydrogens (tertiary/aromatic N) is 2. The van der Waals surface area contributed by atoms with Crippen LogP contribution in [0.25, 0.3) is 22.6 Å². The van der Waals surface area contributed by atoms with Crippen molar-refractivity contribution in [1.29, 1.82) is 5.26 Å². The standard InChI is InChI=1S/C15H9FN2O/c16-12-4-2-11(3-5-12)15-18-13-6-1-10(7-8-17)9-14(13)19-15/h1-6,9H,7H2. The van der Waals surface area contributed by atoms with Crippen molar-refractivity contribution in [3.8, 4) is 17.5 Å². The van der Waals surface area contributed by atoms with E-state index < -0.39 is 0 Å². The Kier molecular flexibility index (Phi) is 2.73. The number of aromatic nitrogens is 1. The van der Waals surface area contributed by atoms with Gasteiger partial charge in [-0.3, -0.25) is 0 Å². The molecule has 1 heterocycles. The highest BCUT2D eigenvalue weighted by molar-refractivity contribution is 5.76. The van der Waals surface area contributed by atoms with Crippen molar-refractivity contribution in [3.63, 3.8) is 0 Å². The molecule has 0 saturated carbocycles. The number of hydrogen-bond donors (Lipinski definition) is 0. The van der Waals surface area contributed by atoms with Crippen molar-refractivity contribution < 1.29 is 8.81 Å². The molecular weight excluding hydrogens is 243 g/mol. The van der Waals surface area contributed by atoms with E-state index in [4.69, 9.17) is 9.68 Å². The Labute approximate surface area is 108 Å². The smallest absolute Gasteiger partial charge is 0.227 e. The normalized spacial score (nSPS) is 10.5. The molecule has 92 valence electrons. The van der Waals surface area contributed by atoms with Crippen LogP contribution in [0.5, 0.6) is 0 Å². The summed E-state index contributed by atoms with van der Waals surface area (Å²) in [6.45, 7) is 0. The van der Waals surface area contributed by atoms with Crippen LogP contribution in [-0.2, 0) is 6.42 Å². The summed E-state index contributed by atoms with van der Waals surface area (Å²) in [5.41, 5.74) is 2.96. The van der Waals surface area contributed by atoms with Crippen LogP contribution in [0.2, 0.25) is 0 Å². The molecule has 0 amide bonds. The third-order valence-corrected chi connectivity index (χ3v) is 2.83. The van der Waals surface area contributed by atoms with Gasteiger partial charge < -0.3 is 4.42 Å². The van der Waals surface area contributed by atoms with Crippen LogP contribution in [0.15, 0.2) is 46.9 Å². The minimum absolute atomic E-state index is 0.295. The lowest BCUT2D eigenvalue weighted by Crippen LogP contribution is -1.79. The Hall–Kier alpha value is -2.67.